The predicted octanol–water partition coefficient (Wildman–Crippen LogP) is 1.53. The number of rotatable bonds is 6. The molecule has 1 rings (SSSR count). The van der Waals surface area contributed by atoms with Crippen LogP contribution < -0.4 is 5.73 Å². The summed E-state index contributed by atoms with van der Waals surface area (Å²) in [6.07, 6.45) is 2.61. The van der Waals surface area contributed by atoms with E-state index in [0.717, 1.165) is 0 Å². The molecule has 3 N–H and O–H groups in total. The number of hydrogen-bond donors (Lipinski definition) is 2. The van der Waals surface area contributed by atoms with Gasteiger partial charge in [-0.1, -0.05) is 11.6 Å². The number of allylic oxidation sites excluding steroid dienone is 2. The van der Waals surface area contributed by atoms with Gasteiger partial charge in [-0.3, -0.25) is 9.69 Å². The number of ether oxygens (including phenoxy) is 1. The Labute approximate surface area is 119 Å². The molecule has 0 spiro atoms. The predicted molar refractivity (Wildman–Crippen MR) is 74.7 cm³/mol. The van der Waals surface area contributed by atoms with Crippen molar-refractivity contribution in [2.75, 3.05) is 6.54 Å². The maximum Gasteiger partial charge on any atom is 0.412 e. The van der Waals surface area contributed by atoms with Crippen molar-refractivity contribution >= 4 is 12.0 Å². The van der Waals surface area contributed by atoms with E-state index in [0.29, 0.717) is 12.8 Å². The van der Waals surface area contributed by atoms with Crippen LogP contribution in [-0.2, 0) is 9.53 Å². The summed E-state index contributed by atoms with van der Waals surface area (Å²) >= 11 is 0. The summed E-state index contributed by atoms with van der Waals surface area (Å²) in [6, 6.07) is 0. The lowest BCUT2D eigenvalue weighted by molar-refractivity contribution is -0.140. The molecule has 0 aromatic carbocycles. The fourth-order valence-electron chi connectivity index (χ4n) is 2.26. The summed E-state index contributed by atoms with van der Waals surface area (Å²) in [5.41, 5.74) is 3.78. The first-order chi connectivity index (χ1) is 9.10. The molecule has 1 aliphatic rings. The molecule has 20 heavy (non-hydrogen) atoms. The molecule has 6 nitrogen and oxygen atoms in total. The zero-order valence-corrected chi connectivity index (χ0v) is 12.6. The van der Waals surface area contributed by atoms with Crippen LogP contribution in [0.25, 0.3) is 0 Å². The van der Waals surface area contributed by atoms with Crippen LogP contribution in [0.3, 0.4) is 0 Å². The van der Waals surface area contributed by atoms with Gasteiger partial charge in [-0.05, 0) is 40.5 Å². The van der Waals surface area contributed by atoms with Gasteiger partial charge in [-0.25, -0.2) is 4.79 Å². The van der Waals surface area contributed by atoms with Crippen molar-refractivity contribution in [1.82, 2.24) is 4.90 Å². The van der Waals surface area contributed by atoms with Gasteiger partial charge >= 0.3 is 6.09 Å². The molecule has 0 radical (unpaired) electrons. The van der Waals surface area contributed by atoms with E-state index in [-0.39, 0.29) is 13.0 Å². The summed E-state index contributed by atoms with van der Waals surface area (Å²) in [4.78, 5) is 23.9. The van der Waals surface area contributed by atoms with Crippen LogP contribution in [-0.4, -0.2) is 39.9 Å². The second-order valence-corrected chi connectivity index (χ2v) is 5.81. The third-order valence-electron chi connectivity index (χ3n) is 3.82. The van der Waals surface area contributed by atoms with E-state index < -0.39 is 23.3 Å². The van der Waals surface area contributed by atoms with E-state index in [9.17, 15) is 14.7 Å². The minimum absolute atomic E-state index is 0.00466. The molecule has 2 amide bonds. The van der Waals surface area contributed by atoms with Crippen molar-refractivity contribution in [3.63, 3.8) is 0 Å². The molecule has 1 aliphatic heterocycles. The molecule has 1 heterocycles. The molecule has 1 saturated heterocycles. The smallest absolute Gasteiger partial charge is 0.412 e. The minimum atomic E-state index is -1.46. The lowest BCUT2D eigenvalue weighted by Gasteiger charge is -2.37. The van der Waals surface area contributed by atoms with Crippen LogP contribution in [0.4, 0.5) is 4.79 Å². The second-order valence-electron chi connectivity index (χ2n) is 5.81. The van der Waals surface area contributed by atoms with Crippen molar-refractivity contribution in [1.29, 1.82) is 0 Å². The van der Waals surface area contributed by atoms with Gasteiger partial charge in [0.1, 0.15) is 0 Å². The highest BCUT2D eigenvalue weighted by Crippen LogP contribution is 2.40. The highest BCUT2D eigenvalue weighted by molar-refractivity contribution is 5.76. The first kappa shape index (κ1) is 16.5. The van der Waals surface area contributed by atoms with Crippen molar-refractivity contribution in [2.24, 2.45) is 5.73 Å². The first-order valence-corrected chi connectivity index (χ1v) is 6.75. The number of nitrogens with two attached hydrogens (primary N) is 1. The summed E-state index contributed by atoms with van der Waals surface area (Å²) in [6.45, 7) is 7.26. The maximum absolute atomic E-state index is 11.9. The Morgan fingerprint density at radius 3 is 2.55 bits per heavy atom. The Balaban J connectivity index is 2.81. The monoisotopic (exact) mass is 284 g/mol. The van der Waals surface area contributed by atoms with Crippen molar-refractivity contribution < 1.29 is 19.4 Å². The Kier molecular flexibility index (Phi) is 4.81. The Morgan fingerprint density at radius 1 is 1.45 bits per heavy atom. The van der Waals surface area contributed by atoms with Gasteiger partial charge in [0.15, 0.2) is 11.3 Å². The summed E-state index contributed by atoms with van der Waals surface area (Å²) in [5, 5.41) is 10.6. The molecule has 0 aromatic rings. The number of amides is 2. The van der Waals surface area contributed by atoms with E-state index in [4.69, 9.17) is 10.5 Å². The van der Waals surface area contributed by atoms with Crippen LogP contribution in [0.15, 0.2) is 11.6 Å². The largest absolute Gasteiger partial charge is 0.438 e. The van der Waals surface area contributed by atoms with E-state index in [1.54, 1.807) is 6.92 Å². The lowest BCUT2D eigenvalue weighted by Crippen LogP contribution is -2.55. The van der Waals surface area contributed by atoms with Crippen LogP contribution in [0.2, 0.25) is 0 Å². The third kappa shape index (κ3) is 3.30. The van der Waals surface area contributed by atoms with Gasteiger partial charge in [0.2, 0.25) is 5.91 Å². The Hall–Kier alpha value is -1.56. The van der Waals surface area contributed by atoms with E-state index in [2.05, 4.69) is 0 Å². The number of nitrogens with zero attached hydrogens (tertiary/aromatic N) is 1. The maximum atomic E-state index is 11.9. The van der Waals surface area contributed by atoms with Crippen molar-refractivity contribution in [3.8, 4) is 0 Å². The van der Waals surface area contributed by atoms with Crippen LogP contribution >= 0.6 is 0 Å². The van der Waals surface area contributed by atoms with Gasteiger partial charge in [0.25, 0.3) is 0 Å². The summed E-state index contributed by atoms with van der Waals surface area (Å²) in [5.74, 6) is -0.522. The topological polar surface area (TPSA) is 92.9 Å². The molecule has 0 aliphatic carbocycles. The minimum Gasteiger partial charge on any atom is -0.438 e. The number of cyclic esters (lactones) is 1. The van der Waals surface area contributed by atoms with Gasteiger partial charge < -0.3 is 15.6 Å². The van der Waals surface area contributed by atoms with E-state index in [1.807, 2.05) is 19.9 Å². The molecule has 6 heteroatoms. The normalized spacial score (nSPS) is 29.2. The standard InChI is InChI=1S/C14H24N2O4/c1-10(2)6-5-8-13(3)14(4,19)16(12(18)20-13)9-7-11(15)17/h6,19H,5,7-9H2,1-4H3,(H2,15,17)/t13-,14-/m0/s1. The van der Waals surface area contributed by atoms with Crippen LogP contribution in [0, 0.1) is 0 Å². The molecular weight excluding hydrogens is 260 g/mol. The third-order valence-corrected chi connectivity index (χ3v) is 3.82. The average Bonchev–Trinajstić information content (AvgIpc) is 2.42. The van der Waals surface area contributed by atoms with Crippen LogP contribution in [0.1, 0.15) is 47.0 Å². The molecule has 0 aromatic heterocycles. The highest BCUT2D eigenvalue weighted by Gasteiger charge is 2.58. The fraction of sp³-hybridized carbons (Fsp3) is 0.714. The number of carbonyl (C=O) groups excluding carboxylic acids is 2. The molecule has 0 bridgehead atoms. The van der Waals surface area contributed by atoms with E-state index >= 15 is 0 Å². The molecule has 0 saturated carbocycles. The number of carbonyl (C=O) groups is 2. The SMILES string of the molecule is CC(C)=CCC[C@]1(C)OC(=O)N(CCC(N)=O)[C@@]1(C)O. The zero-order chi connectivity index (χ0) is 15.6. The first-order valence-electron chi connectivity index (χ1n) is 6.75. The number of aliphatic hydroxyl groups is 1. The Morgan fingerprint density at radius 2 is 2.05 bits per heavy atom. The van der Waals surface area contributed by atoms with Gasteiger partial charge in [0, 0.05) is 13.0 Å². The number of hydrogen-bond acceptors (Lipinski definition) is 4. The average molecular weight is 284 g/mol. The van der Waals surface area contributed by atoms with Crippen molar-refractivity contribution in [3.05, 3.63) is 11.6 Å². The van der Waals surface area contributed by atoms with Crippen LogP contribution in [0.5, 0.6) is 0 Å². The molecule has 0 unspecified atom stereocenters. The van der Waals surface area contributed by atoms with Gasteiger partial charge in [-0.15, -0.1) is 0 Å². The van der Waals surface area contributed by atoms with E-state index in [1.165, 1.54) is 17.4 Å². The number of primary amides is 1. The molecule has 114 valence electrons. The summed E-state index contributed by atoms with van der Waals surface area (Å²) in [7, 11) is 0. The van der Waals surface area contributed by atoms with Gasteiger partial charge in [-0.2, -0.15) is 0 Å². The second kappa shape index (κ2) is 5.83. The van der Waals surface area contributed by atoms with Gasteiger partial charge in [0.05, 0.1) is 0 Å². The molecule has 2 atom stereocenters. The Bertz CT molecular complexity index is 427. The molecule has 1 fully saturated rings. The zero-order valence-electron chi connectivity index (χ0n) is 12.6. The quantitative estimate of drug-likeness (QED) is 0.723. The van der Waals surface area contributed by atoms with Crippen molar-refractivity contribution in [2.45, 2.75) is 58.3 Å². The highest BCUT2D eigenvalue weighted by atomic mass is 16.6. The molecular formula is C14H24N2O4. The lowest BCUT2D eigenvalue weighted by atomic mass is 9.88. The fourth-order valence-corrected chi connectivity index (χ4v) is 2.26. The summed E-state index contributed by atoms with van der Waals surface area (Å²) < 4.78 is 5.35.